The first-order chi connectivity index (χ1) is 9.06. The van der Waals surface area contributed by atoms with Crippen molar-refractivity contribution in [1.29, 1.82) is 0 Å². The van der Waals surface area contributed by atoms with Crippen molar-refractivity contribution >= 4 is 21.4 Å². The molecule has 0 aliphatic rings. The first kappa shape index (κ1) is 16.6. The molecule has 0 aliphatic carbocycles. The van der Waals surface area contributed by atoms with Crippen molar-refractivity contribution < 1.29 is 8.42 Å². The van der Waals surface area contributed by atoms with Crippen LogP contribution in [0.5, 0.6) is 0 Å². The molecule has 0 amide bonds. The van der Waals surface area contributed by atoms with Gasteiger partial charge in [-0.2, -0.15) is 4.31 Å². The summed E-state index contributed by atoms with van der Waals surface area (Å²) in [6, 6.07) is 1.79. The lowest BCUT2D eigenvalue weighted by atomic mass is 10.3. The van der Waals surface area contributed by atoms with Crippen LogP contribution in [0, 0.1) is 0 Å². The van der Waals surface area contributed by atoms with Gasteiger partial charge in [-0.25, -0.2) is 8.42 Å². The SMILES string of the molecule is CCCN(CCC)S(=O)(=O)c1cc(CNCC)cs1. The molecule has 4 nitrogen and oxygen atoms in total. The number of rotatable bonds is 9. The van der Waals surface area contributed by atoms with Gasteiger partial charge in [-0.15, -0.1) is 11.3 Å². The van der Waals surface area contributed by atoms with Gasteiger partial charge in [0.1, 0.15) is 4.21 Å². The number of nitrogens with zero attached hydrogens (tertiary/aromatic N) is 1. The van der Waals surface area contributed by atoms with Crippen LogP contribution >= 0.6 is 11.3 Å². The Balaban J connectivity index is 2.88. The molecule has 0 bridgehead atoms. The molecule has 0 fully saturated rings. The van der Waals surface area contributed by atoms with E-state index in [9.17, 15) is 8.42 Å². The highest BCUT2D eigenvalue weighted by atomic mass is 32.2. The van der Waals surface area contributed by atoms with Gasteiger partial charge in [0.25, 0.3) is 10.0 Å². The molecule has 0 saturated carbocycles. The third kappa shape index (κ3) is 4.56. The monoisotopic (exact) mass is 304 g/mol. The Labute approximate surface area is 120 Å². The van der Waals surface area contributed by atoms with E-state index in [0.29, 0.717) is 17.3 Å². The molecule has 0 aliphatic heterocycles. The molecule has 0 aromatic carbocycles. The van der Waals surface area contributed by atoms with Gasteiger partial charge in [-0.3, -0.25) is 0 Å². The third-order valence-corrected chi connectivity index (χ3v) is 6.11. The van der Waals surface area contributed by atoms with E-state index in [4.69, 9.17) is 0 Å². The Morgan fingerprint density at radius 1 is 1.21 bits per heavy atom. The molecular weight excluding hydrogens is 280 g/mol. The lowest BCUT2D eigenvalue weighted by molar-refractivity contribution is 0.411. The number of thiophene rings is 1. The maximum atomic E-state index is 12.5. The minimum absolute atomic E-state index is 0.460. The summed E-state index contributed by atoms with van der Waals surface area (Å²) in [5.74, 6) is 0. The first-order valence-electron chi connectivity index (χ1n) is 6.84. The van der Waals surface area contributed by atoms with E-state index in [1.807, 2.05) is 26.2 Å². The lowest BCUT2D eigenvalue weighted by Gasteiger charge is -2.19. The molecule has 1 heterocycles. The summed E-state index contributed by atoms with van der Waals surface area (Å²) in [5, 5.41) is 5.13. The average Bonchev–Trinajstić information content (AvgIpc) is 2.85. The number of hydrogen-bond acceptors (Lipinski definition) is 4. The normalized spacial score (nSPS) is 12.2. The van der Waals surface area contributed by atoms with Crippen LogP contribution in [0.3, 0.4) is 0 Å². The Hall–Kier alpha value is -0.430. The second kappa shape index (κ2) is 7.99. The molecular formula is C13H24N2O2S2. The average molecular weight is 304 g/mol. The van der Waals surface area contributed by atoms with Crippen LogP contribution in [0.25, 0.3) is 0 Å². The molecule has 0 spiro atoms. The van der Waals surface area contributed by atoms with Gasteiger partial charge >= 0.3 is 0 Å². The zero-order valence-corrected chi connectivity index (χ0v) is 13.6. The molecule has 110 valence electrons. The molecule has 1 N–H and O–H groups in total. The van der Waals surface area contributed by atoms with Crippen molar-refractivity contribution in [1.82, 2.24) is 9.62 Å². The Morgan fingerprint density at radius 3 is 2.37 bits per heavy atom. The molecule has 0 saturated heterocycles. The van der Waals surface area contributed by atoms with E-state index in [1.165, 1.54) is 11.3 Å². The highest BCUT2D eigenvalue weighted by Crippen LogP contribution is 2.24. The van der Waals surface area contributed by atoms with Crippen LogP contribution in [0.4, 0.5) is 0 Å². The van der Waals surface area contributed by atoms with E-state index >= 15 is 0 Å². The third-order valence-electron chi connectivity index (χ3n) is 2.75. The van der Waals surface area contributed by atoms with Crippen LogP contribution in [-0.4, -0.2) is 32.4 Å². The predicted molar refractivity (Wildman–Crippen MR) is 81.0 cm³/mol. The zero-order chi connectivity index (χ0) is 14.3. The van der Waals surface area contributed by atoms with E-state index < -0.39 is 10.0 Å². The molecule has 0 atom stereocenters. The Kier molecular flexibility index (Phi) is 6.99. The van der Waals surface area contributed by atoms with Crippen LogP contribution in [0.15, 0.2) is 15.7 Å². The van der Waals surface area contributed by atoms with Crippen molar-refractivity contribution in [3.8, 4) is 0 Å². The van der Waals surface area contributed by atoms with Crippen LogP contribution in [0.2, 0.25) is 0 Å². The summed E-state index contributed by atoms with van der Waals surface area (Å²) in [7, 11) is -3.31. The summed E-state index contributed by atoms with van der Waals surface area (Å²) < 4.78 is 27.1. The first-order valence-corrected chi connectivity index (χ1v) is 9.16. The second-order valence-corrected chi connectivity index (χ2v) is 7.53. The van der Waals surface area contributed by atoms with Crippen LogP contribution in [-0.2, 0) is 16.6 Å². The van der Waals surface area contributed by atoms with Gasteiger partial charge in [0.15, 0.2) is 0 Å². The summed E-state index contributed by atoms with van der Waals surface area (Å²) in [5.41, 5.74) is 1.04. The fourth-order valence-corrected chi connectivity index (χ4v) is 4.81. The quantitative estimate of drug-likeness (QED) is 0.763. The largest absolute Gasteiger partial charge is 0.313 e. The van der Waals surface area contributed by atoms with Crippen LogP contribution < -0.4 is 5.32 Å². The van der Waals surface area contributed by atoms with Crippen molar-refractivity contribution in [2.75, 3.05) is 19.6 Å². The summed E-state index contributed by atoms with van der Waals surface area (Å²) in [4.78, 5) is 0. The lowest BCUT2D eigenvalue weighted by Crippen LogP contribution is -2.32. The summed E-state index contributed by atoms with van der Waals surface area (Å²) in [6.45, 7) is 8.84. The second-order valence-electron chi connectivity index (χ2n) is 4.46. The van der Waals surface area contributed by atoms with Crippen molar-refractivity contribution in [2.24, 2.45) is 0 Å². The summed E-state index contributed by atoms with van der Waals surface area (Å²) >= 11 is 1.32. The molecule has 0 unspecified atom stereocenters. The maximum Gasteiger partial charge on any atom is 0.252 e. The topological polar surface area (TPSA) is 49.4 Å². The van der Waals surface area contributed by atoms with E-state index in [-0.39, 0.29) is 0 Å². The Bertz CT molecular complexity index is 463. The van der Waals surface area contributed by atoms with Gasteiger partial charge < -0.3 is 5.32 Å². The molecule has 1 aromatic heterocycles. The predicted octanol–water partition coefficient (Wildman–Crippen LogP) is 2.67. The zero-order valence-electron chi connectivity index (χ0n) is 12.0. The molecule has 6 heteroatoms. The fraction of sp³-hybridized carbons (Fsp3) is 0.692. The van der Waals surface area contributed by atoms with E-state index in [0.717, 1.165) is 31.5 Å². The van der Waals surface area contributed by atoms with Gasteiger partial charge in [-0.05, 0) is 36.4 Å². The Morgan fingerprint density at radius 2 is 1.84 bits per heavy atom. The highest BCUT2D eigenvalue weighted by Gasteiger charge is 2.24. The van der Waals surface area contributed by atoms with Gasteiger partial charge in [0, 0.05) is 19.6 Å². The number of hydrogen-bond donors (Lipinski definition) is 1. The van der Waals surface area contributed by atoms with Crippen LogP contribution in [0.1, 0.15) is 39.2 Å². The molecule has 1 aromatic rings. The van der Waals surface area contributed by atoms with Crippen molar-refractivity contribution in [2.45, 2.75) is 44.4 Å². The van der Waals surface area contributed by atoms with Gasteiger partial charge in [0.2, 0.25) is 0 Å². The minimum atomic E-state index is -3.31. The van der Waals surface area contributed by atoms with E-state index in [1.54, 1.807) is 10.4 Å². The van der Waals surface area contributed by atoms with Gasteiger partial charge in [-0.1, -0.05) is 20.8 Å². The smallest absolute Gasteiger partial charge is 0.252 e. The molecule has 19 heavy (non-hydrogen) atoms. The highest BCUT2D eigenvalue weighted by molar-refractivity contribution is 7.91. The van der Waals surface area contributed by atoms with Crippen molar-refractivity contribution in [3.63, 3.8) is 0 Å². The number of sulfonamides is 1. The number of nitrogens with one attached hydrogen (secondary N) is 1. The molecule has 1 rings (SSSR count). The van der Waals surface area contributed by atoms with E-state index in [2.05, 4.69) is 5.32 Å². The standard InChI is InChI=1S/C13H24N2O2S2/c1-4-7-15(8-5-2)19(16,17)13-9-12(11-18-13)10-14-6-3/h9,11,14H,4-8,10H2,1-3H3. The minimum Gasteiger partial charge on any atom is -0.313 e. The summed E-state index contributed by atoms with van der Waals surface area (Å²) in [6.07, 6.45) is 1.68. The van der Waals surface area contributed by atoms with Gasteiger partial charge in [0.05, 0.1) is 0 Å². The maximum absolute atomic E-state index is 12.5. The van der Waals surface area contributed by atoms with Crippen molar-refractivity contribution in [3.05, 3.63) is 17.0 Å². The molecule has 0 radical (unpaired) electrons. The fourth-order valence-electron chi connectivity index (χ4n) is 1.83.